The van der Waals surface area contributed by atoms with Crippen LogP contribution in [0.15, 0.2) is 36.7 Å². The van der Waals surface area contributed by atoms with Crippen molar-refractivity contribution in [3.63, 3.8) is 0 Å². The highest BCUT2D eigenvalue weighted by atomic mass is 16.5. The molecule has 6 heterocycles. The number of fused-ring (bicyclic) bond motifs is 4. The topological polar surface area (TPSA) is 57.2 Å². The van der Waals surface area contributed by atoms with Crippen molar-refractivity contribution >= 4 is 11.4 Å². The van der Waals surface area contributed by atoms with Gasteiger partial charge in [-0.2, -0.15) is 0 Å². The summed E-state index contributed by atoms with van der Waals surface area (Å²) in [5, 5.41) is 0. The van der Waals surface area contributed by atoms with E-state index in [1.807, 2.05) is 24.5 Å². The average molecular weight is 523 g/mol. The van der Waals surface area contributed by atoms with Crippen LogP contribution in [-0.2, 0) is 0 Å². The Labute approximate surface area is 228 Å². The zero-order chi connectivity index (χ0) is 27.2. The normalized spacial score (nSPS) is 27.1. The lowest BCUT2D eigenvalue weighted by Gasteiger charge is -2.60. The third-order valence-electron chi connectivity index (χ3n) is 8.73. The monoisotopic (exact) mass is 522 g/mol. The van der Waals surface area contributed by atoms with Crippen LogP contribution in [0.2, 0.25) is 0 Å². The van der Waals surface area contributed by atoms with Gasteiger partial charge in [0.1, 0.15) is 0 Å². The molecule has 0 N–H and O–H groups in total. The summed E-state index contributed by atoms with van der Waals surface area (Å²) in [6.07, 6.45) is 6.47. The largest absolute Gasteiger partial charge is 0.481 e. The minimum absolute atomic E-state index is 0.279. The van der Waals surface area contributed by atoms with Crippen LogP contribution in [-0.4, -0.2) is 95.4 Å². The molecule has 0 radical (unpaired) electrons. The summed E-state index contributed by atoms with van der Waals surface area (Å²) in [4.78, 5) is 18.9. The van der Waals surface area contributed by atoms with E-state index in [1.165, 1.54) is 30.8 Å². The summed E-state index contributed by atoms with van der Waals surface area (Å²) in [7, 11) is 3.31. The van der Waals surface area contributed by atoms with Crippen LogP contribution in [0.25, 0.3) is 0 Å². The van der Waals surface area contributed by atoms with E-state index in [0.717, 1.165) is 19.6 Å². The standard InChI is InChI=1S/2C15H23N3O/c1-15(2,3)18-10-12-7-13(18)9-17(12)11-5-6-14(19-4)16-8-11;1-15(2,3)17-9-12-7-13(10-17)18(12)11-5-6-14(19-4)16-8-11/h2*5-6,8,12-13H,7,9-10H2,1-4H3. The van der Waals surface area contributed by atoms with Crippen LogP contribution in [0, 0.1) is 0 Å². The number of ether oxygens (including phenoxy) is 2. The first-order valence-corrected chi connectivity index (χ1v) is 14.0. The molecule has 4 aliphatic rings. The smallest absolute Gasteiger partial charge is 0.213 e. The molecule has 0 saturated carbocycles. The quantitative estimate of drug-likeness (QED) is 0.589. The summed E-state index contributed by atoms with van der Waals surface area (Å²) in [6.45, 7) is 18.5. The van der Waals surface area contributed by atoms with Gasteiger partial charge in [0, 0.05) is 73.6 Å². The number of hydrogen-bond donors (Lipinski definition) is 0. The van der Waals surface area contributed by atoms with E-state index in [-0.39, 0.29) is 11.1 Å². The zero-order valence-corrected chi connectivity index (χ0v) is 24.5. The highest BCUT2D eigenvalue weighted by Crippen LogP contribution is 2.39. The van der Waals surface area contributed by atoms with Crippen molar-refractivity contribution in [2.45, 2.75) is 89.6 Å². The number of hydrogen-bond acceptors (Lipinski definition) is 8. The molecule has 4 saturated heterocycles. The molecule has 0 aromatic carbocycles. The van der Waals surface area contributed by atoms with E-state index in [9.17, 15) is 0 Å². The molecule has 8 heteroatoms. The van der Waals surface area contributed by atoms with Crippen molar-refractivity contribution in [1.29, 1.82) is 0 Å². The molecule has 208 valence electrons. The lowest BCUT2D eigenvalue weighted by molar-refractivity contribution is 0.0415. The second-order valence-corrected chi connectivity index (χ2v) is 13.2. The van der Waals surface area contributed by atoms with E-state index in [1.54, 1.807) is 14.2 Å². The molecule has 6 rings (SSSR count). The molecule has 2 aromatic rings. The fraction of sp³-hybridized carbons (Fsp3) is 0.667. The molecule has 4 bridgehead atoms. The molecule has 0 amide bonds. The lowest BCUT2D eigenvalue weighted by atomic mass is 9.84. The third kappa shape index (κ3) is 5.30. The molecule has 2 aromatic heterocycles. The number of likely N-dealkylation sites (tertiary alicyclic amines) is 2. The van der Waals surface area contributed by atoms with Gasteiger partial charge in [-0.15, -0.1) is 0 Å². The van der Waals surface area contributed by atoms with E-state index < -0.39 is 0 Å². The van der Waals surface area contributed by atoms with Gasteiger partial charge in [0.15, 0.2) is 0 Å². The molecule has 8 nitrogen and oxygen atoms in total. The molecular weight excluding hydrogens is 476 g/mol. The Morgan fingerprint density at radius 1 is 0.658 bits per heavy atom. The van der Waals surface area contributed by atoms with Crippen molar-refractivity contribution in [2.75, 3.05) is 50.2 Å². The summed E-state index contributed by atoms with van der Waals surface area (Å²) in [6, 6.07) is 10.8. The van der Waals surface area contributed by atoms with Gasteiger partial charge >= 0.3 is 0 Å². The van der Waals surface area contributed by atoms with E-state index in [4.69, 9.17) is 9.47 Å². The first kappa shape index (κ1) is 27.0. The second kappa shape index (κ2) is 10.2. The van der Waals surface area contributed by atoms with Gasteiger partial charge in [-0.1, -0.05) is 0 Å². The van der Waals surface area contributed by atoms with Gasteiger partial charge in [0.2, 0.25) is 11.8 Å². The molecule has 4 aliphatic heterocycles. The first-order valence-electron chi connectivity index (χ1n) is 14.0. The Kier molecular flexibility index (Phi) is 7.24. The Balaban J connectivity index is 0.000000155. The van der Waals surface area contributed by atoms with Crippen molar-refractivity contribution in [3.05, 3.63) is 36.7 Å². The Bertz CT molecular complexity index is 1020. The number of anilines is 2. The highest BCUT2D eigenvalue weighted by molar-refractivity contribution is 5.52. The average Bonchev–Trinajstić information content (AvgIpc) is 3.51. The van der Waals surface area contributed by atoms with Crippen LogP contribution in [0.1, 0.15) is 54.4 Å². The van der Waals surface area contributed by atoms with Crippen LogP contribution in [0.4, 0.5) is 11.4 Å². The van der Waals surface area contributed by atoms with Crippen molar-refractivity contribution in [1.82, 2.24) is 19.8 Å². The number of piperidine rings is 1. The Morgan fingerprint density at radius 2 is 1.21 bits per heavy atom. The molecular formula is C30H46N6O2. The lowest BCUT2D eigenvalue weighted by Crippen LogP contribution is -2.71. The maximum atomic E-state index is 5.12. The van der Waals surface area contributed by atoms with E-state index >= 15 is 0 Å². The Hall–Kier alpha value is -2.58. The van der Waals surface area contributed by atoms with Crippen LogP contribution in [0.3, 0.4) is 0 Å². The number of nitrogens with zero attached hydrogens (tertiary/aromatic N) is 6. The zero-order valence-electron chi connectivity index (χ0n) is 24.5. The number of methoxy groups -OCH3 is 2. The van der Waals surface area contributed by atoms with Crippen LogP contribution >= 0.6 is 0 Å². The number of piperazine rings is 2. The van der Waals surface area contributed by atoms with Crippen molar-refractivity contribution in [3.8, 4) is 11.8 Å². The van der Waals surface area contributed by atoms with Gasteiger partial charge in [-0.05, 0) is 66.5 Å². The number of aromatic nitrogens is 2. The molecule has 0 spiro atoms. The summed E-state index contributed by atoms with van der Waals surface area (Å²) in [5.74, 6) is 1.37. The minimum atomic E-state index is 0.279. The molecule has 4 unspecified atom stereocenters. The predicted octanol–water partition coefficient (Wildman–Crippen LogP) is 4.30. The van der Waals surface area contributed by atoms with E-state index in [0.29, 0.717) is 35.9 Å². The fourth-order valence-electron chi connectivity index (χ4n) is 6.69. The maximum Gasteiger partial charge on any atom is 0.213 e. The molecule has 0 aliphatic carbocycles. The van der Waals surface area contributed by atoms with Crippen LogP contribution < -0.4 is 19.3 Å². The Morgan fingerprint density at radius 3 is 1.63 bits per heavy atom. The highest BCUT2D eigenvalue weighted by Gasteiger charge is 2.48. The van der Waals surface area contributed by atoms with Crippen molar-refractivity contribution in [2.24, 2.45) is 0 Å². The van der Waals surface area contributed by atoms with Gasteiger partial charge in [-0.25, -0.2) is 9.97 Å². The summed E-state index contributed by atoms with van der Waals surface area (Å²) in [5.41, 5.74) is 3.02. The minimum Gasteiger partial charge on any atom is -0.481 e. The second-order valence-electron chi connectivity index (χ2n) is 13.2. The fourth-order valence-corrected chi connectivity index (χ4v) is 6.69. The van der Waals surface area contributed by atoms with Gasteiger partial charge < -0.3 is 19.3 Å². The van der Waals surface area contributed by atoms with Crippen molar-refractivity contribution < 1.29 is 9.47 Å². The van der Waals surface area contributed by atoms with Gasteiger partial charge in [0.25, 0.3) is 0 Å². The van der Waals surface area contributed by atoms with E-state index in [2.05, 4.69) is 83.2 Å². The summed E-state index contributed by atoms with van der Waals surface area (Å²) >= 11 is 0. The SMILES string of the molecule is COc1ccc(N2C3CC2CN(C(C)(C)C)C3)cn1.COc1ccc(N2CC3CC2CN3C(C)(C)C)cn1. The third-order valence-corrected chi connectivity index (χ3v) is 8.73. The van der Waals surface area contributed by atoms with Gasteiger partial charge in [0.05, 0.1) is 38.0 Å². The summed E-state index contributed by atoms with van der Waals surface area (Å²) < 4.78 is 10.2. The first-order chi connectivity index (χ1) is 18.0. The maximum absolute atomic E-state index is 5.12. The molecule has 4 fully saturated rings. The number of rotatable bonds is 4. The predicted molar refractivity (Wildman–Crippen MR) is 154 cm³/mol. The molecule has 38 heavy (non-hydrogen) atoms. The van der Waals surface area contributed by atoms with Crippen LogP contribution in [0.5, 0.6) is 11.8 Å². The van der Waals surface area contributed by atoms with Gasteiger partial charge in [-0.3, -0.25) is 9.80 Å². The molecule has 4 atom stereocenters. The number of pyridine rings is 2.